The molecule has 0 aliphatic heterocycles. The van der Waals surface area contributed by atoms with Crippen molar-refractivity contribution in [2.75, 3.05) is 4.90 Å². The van der Waals surface area contributed by atoms with Gasteiger partial charge < -0.3 is 13.7 Å². The summed E-state index contributed by atoms with van der Waals surface area (Å²) in [6.07, 6.45) is 0. The minimum absolute atomic E-state index is 0.461. The van der Waals surface area contributed by atoms with Crippen LogP contribution in [0.5, 0.6) is 0 Å². The van der Waals surface area contributed by atoms with E-state index in [0.717, 1.165) is 72.1 Å². The van der Waals surface area contributed by atoms with Crippen LogP contribution in [0.4, 0.5) is 17.1 Å². The van der Waals surface area contributed by atoms with Crippen LogP contribution in [-0.4, -0.2) is 0 Å². The number of anilines is 3. The molecule has 0 bridgehead atoms. The second-order valence-electron chi connectivity index (χ2n) is 12.4. The van der Waals surface area contributed by atoms with E-state index < -0.39 is 0 Å². The molecule has 10 aromatic rings. The molecule has 0 saturated carbocycles. The summed E-state index contributed by atoms with van der Waals surface area (Å²) < 4.78 is 20.6. The van der Waals surface area contributed by atoms with Gasteiger partial charge in [-0.05, 0) is 93.7 Å². The first-order valence-electron chi connectivity index (χ1n) is 17.0. The maximum Gasteiger partial charge on any atom is 0.136 e. The maximum atomic E-state index is 8.26. The van der Waals surface area contributed by atoms with E-state index in [-0.39, 0.29) is 0 Å². The number of hydrogen-bond donors (Lipinski definition) is 0. The molecule has 0 N–H and O–H groups in total. The molecule has 10 rings (SSSR count). The second-order valence-corrected chi connectivity index (χ2v) is 12.4. The van der Waals surface area contributed by atoms with Gasteiger partial charge in [0.1, 0.15) is 22.3 Å². The van der Waals surface area contributed by atoms with E-state index in [4.69, 9.17) is 10.2 Å². The van der Waals surface area contributed by atoms with Crippen molar-refractivity contribution in [3.8, 4) is 22.3 Å². The monoisotopic (exact) mass is 628 g/mol. The third kappa shape index (κ3) is 4.51. The normalized spacial score (nSPS) is 12.0. The lowest BCUT2D eigenvalue weighted by atomic mass is 9.97. The molecular weight excluding hydrogens is 599 g/mol. The van der Waals surface area contributed by atoms with E-state index >= 15 is 0 Å². The first-order chi connectivity index (χ1) is 24.7. The molecule has 0 saturated heterocycles. The Bertz CT molecular complexity index is 2880. The Hall–Kier alpha value is -6.58. The molecule has 0 aliphatic rings. The van der Waals surface area contributed by atoms with Gasteiger partial charge in [0.2, 0.25) is 0 Å². The van der Waals surface area contributed by atoms with Crippen LogP contribution in [0.15, 0.2) is 185 Å². The fourth-order valence-electron chi connectivity index (χ4n) is 7.31. The molecule has 0 fully saturated rings. The van der Waals surface area contributed by atoms with Crippen molar-refractivity contribution >= 4 is 71.7 Å². The fourth-order valence-corrected chi connectivity index (χ4v) is 7.31. The van der Waals surface area contributed by atoms with Gasteiger partial charge >= 0.3 is 0 Å². The van der Waals surface area contributed by atoms with E-state index in [1.54, 1.807) is 6.07 Å². The number of hydrogen-bond acceptors (Lipinski definition) is 3. The highest BCUT2D eigenvalue weighted by Crippen LogP contribution is 2.42. The molecule has 0 unspecified atom stereocenters. The zero-order valence-corrected chi connectivity index (χ0v) is 26.4. The van der Waals surface area contributed by atoms with Gasteiger partial charge in [-0.1, -0.05) is 115 Å². The van der Waals surface area contributed by atoms with E-state index in [1.807, 2.05) is 36.4 Å². The number of rotatable bonds is 5. The highest BCUT2D eigenvalue weighted by Gasteiger charge is 2.17. The zero-order valence-electron chi connectivity index (χ0n) is 27.4. The fraction of sp³-hybridized carbons (Fsp3) is 0. The number of fused-ring (bicyclic) bond motifs is 7. The molecule has 0 spiro atoms. The van der Waals surface area contributed by atoms with Crippen molar-refractivity contribution in [3.05, 3.63) is 176 Å². The number of para-hydroxylation sites is 2. The molecule has 0 amide bonds. The highest BCUT2D eigenvalue weighted by atomic mass is 16.3. The third-order valence-electron chi connectivity index (χ3n) is 9.62. The van der Waals surface area contributed by atoms with Crippen LogP contribution < -0.4 is 4.90 Å². The van der Waals surface area contributed by atoms with Crippen LogP contribution >= 0.6 is 0 Å². The molecule has 3 heteroatoms. The van der Waals surface area contributed by atoms with Gasteiger partial charge in [0, 0.05) is 38.6 Å². The quantitative estimate of drug-likeness (QED) is 0.190. The summed E-state index contributed by atoms with van der Waals surface area (Å²) in [5, 5.41) is 6.64. The smallest absolute Gasteiger partial charge is 0.136 e. The van der Waals surface area contributed by atoms with Gasteiger partial charge in [-0.25, -0.2) is 0 Å². The molecular formula is C46H29NO2. The Morgan fingerprint density at radius 3 is 1.80 bits per heavy atom. The molecule has 0 aliphatic carbocycles. The molecule has 230 valence electrons. The maximum absolute atomic E-state index is 8.26. The van der Waals surface area contributed by atoms with E-state index in [9.17, 15) is 0 Å². The zero-order chi connectivity index (χ0) is 33.2. The lowest BCUT2D eigenvalue weighted by Crippen LogP contribution is -2.09. The summed E-state index contributed by atoms with van der Waals surface area (Å²) in [6.45, 7) is 0. The SMILES string of the molecule is [2H]c1ccc2oc3ccc(N(c4ccc(-c5cccc6ccccc56)cc4)c4ccc(-c5cccc6oc7ccccc7c56)cc4)cc3c2c1. The van der Waals surface area contributed by atoms with Crippen LogP contribution in [-0.2, 0) is 0 Å². The molecule has 2 heterocycles. The van der Waals surface area contributed by atoms with Gasteiger partial charge in [0.25, 0.3) is 0 Å². The summed E-state index contributed by atoms with van der Waals surface area (Å²) in [5.74, 6) is 0. The van der Waals surface area contributed by atoms with E-state index in [2.05, 4.69) is 132 Å². The van der Waals surface area contributed by atoms with Crippen molar-refractivity contribution in [1.29, 1.82) is 0 Å². The summed E-state index contributed by atoms with van der Waals surface area (Å²) in [7, 11) is 0. The lowest BCUT2D eigenvalue weighted by Gasteiger charge is -2.26. The van der Waals surface area contributed by atoms with Gasteiger partial charge in [-0.15, -0.1) is 0 Å². The van der Waals surface area contributed by atoms with Gasteiger partial charge in [0.05, 0.1) is 1.37 Å². The lowest BCUT2D eigenvalue weighted by molar-refractivity contribution is 0.668. The number of benzene rings is 8. The Kier molecular flexibility index (Phi) is 5.95. The topological polar surface area (TPSA) is 29.5 Å². The Morgan fingerprint density at radius 1 is 0.388 bits per heavy atom. The molecule has 3 nitrogen and oxygen atoms in total. The summed E-state index contributed by atoms with van der Waals surface area (Å²) in [6, 6.07) is 59.4. The molecule has 8 aromatic carbocycles. The number of furan rings is 2. The molecule has 0 radical (unpaired) electrons. The van der Waals surface area contributed by atoms with Crippen molar-refractivity contribution in [2.45, 2.75) is 0 Å². The third-order valence-corrected chi connectivity index (χ3v) is 9.62. The van der Waals surface area contributed by atoms with Crippen LogP contribution in [0.2, 0.25) is 0 Å². The molecule has 49 heavy (non-hydrogen) atoms. The Balaban J connectivity index is 1.11. The van der Waals surface area contributed by atoms with Crippen molar-refractivity contribution < 1.29 is 10.2 Å². The van der Waals surface area contributed by atoms with Gasteiger partial charge in [-0.3, -0.25) is 0 Å². The summed E-state index contributed by atoms with van der Waals surface area (Å²) >= 11 is 0. The first-order valence-corrected chi connectivity index (χ1v) is 16.5. The van der Waals surface area contributed by atoms with Crippen LogP contribution in [0.1, 0.15) is 1.37 Å². The standard InChI is InChI=1S/C46H29NO2/c1-2-11-36-30(9-1)10-7-14-37(36)31-19-23-33(24-20-31)47(35-27-28-44-41(29-35)39-12-3-5-16-42(39)48-44)34-25-21-32(22-26-34)38-15-8-18-45-46(38)40-13-4-6-17-43(40)49-45/h1-29H/i3D. The molecule has 0 atom stereocenters. The van der Waals surface area contributed by atoms with Crippen LogP contribution in [0, 0.1) is 0 Å². The van der Waals surface area contributed by atoms with E-state index in [1.165, 1.54) is 21.9 Å². The van der Waals surface area contributed by atoms with Crippen LogP contribution in [0.3, 0.4) is 0 Å². The average molecular weight is 629 g/mol. The van der Waals surface area contributed by atoms with Crippen molar-refractivity contribution in [3.63, 3.8) is 0 Å². The number of nitrogens with zero attached hydrogens (tertiary/aromatic N) is 1. The van der Waals surface area contributed by atoms with Gasteiger partial charge in [-0.2, -0.15) is 0 Å². The van der Waals surface area contributed by atoms with Crippen molar-refractivity contribution in [2.24, 2.45) is 0 Å². The van der Waals surface area contributed by atoms with Crippen molar-refractivity contribution in [1.82, 2.24) is 0 Å². The predicted octanol–water partition coefficient (Wildman–Crippen LogP) is 13.4. The largest absolute Gasteiger partial charge is 0.456 e. The van der Waals surface area contributed by atoms with E-state index in [0.29, 0.717) is 6.04 Å². The highest BCUT2D eigenvalue weighted by molar-refractivity contribution is 6.12. The summed E-state index contributed by atoms with van der Waals surface area (Å²) in [5.41, 5.74) is 11.1. The predicted molar refractivity (Wildman–Crippen MR) is 204 cm³/mol. The Morgan fingerprint density at radius 2 is 0.959 bits per heavy atom. The minimum atomic E-state index is 0.461. The van der Waals surface area contributed by atoms with Crippen LogP contribution in [0.25, 0.3) is 76.9 Å². The average Bonchev–Trinajstić information content (AvgIpc) is 3.73. The second kappa shape index (κ2) is 11.0. The Labute approximate surface area is 284 Å². The first kappa shape index (κ1) is 26.5. The van der Waals surface area contributed by atoms with Gasteiger partial charge in [0.15, 0.2) is 0 Å². The minimum Gasteiger partial charge on any atom is -0.456 e. The summed E-state index contributed by atoms with van der Waals surface area (Å²) in [4.78, 5) is 2.29. The molecule has 2 aromatic heterocycles.